The fourth-order valence-electron chi connectivity index (χ4n) is 2.74. The molecule has 1 unspecified atom stereocenters. The van der Waals surface area contributed by atoms with Gasteiger partial charge in [0, 0.05) is 18.5 Å². The van der Waals surface area contributed by atoms with E-state index in [4.69, 9.17) is 9.84 Å². The van der Waals surface area contributed by atoms with Gasteiger partial charge < -0.3 is 14.7 Å². The van der Waals surface area contributed by atoms with Crippen LogP contribution in [0.1, 0.15) is 21.3 Å². The highest BCUT2D eigenvalue weighted by Crippen LogP contribution is 2.40. The van der Waals surface area contributed by atoms with Gasteiger partial charge in [-0.3, -0.25) is 4.79 Å². The molecule has 2 aromatic rings. The third-order valence-corrected chi connectivity index (χ3v) is 6.21. The number of benzene rings is 1. The number of rotatable bonds is 6. The maximum atomic E-state index is 12.8. The maximum Gasteiger partial charge on any atom is 0.341 e. The Bertz CT molecular complexity index is 757. The summed E-state index contributed by atoms with van der Waals surface area (Å²) >= 11 is 3.44. The number of ether oxygens (including phenoxy) is 1. The van der Waals surface area contributed by atoms with Crippen LogP contribution in [0.2, 0.25) is 0 Å². The van der Waals surface area contributed by atoms with Gasteiger partial charge in [0.15, 0.2) is 6.61 Å². The van der Waals surface area contributed by atoms with Crippen LogP contribution in [0.5, 0.6) is 5.75 Å². The molecule has 1 aliphatic heterocycles. The molecular formula is C18H19NO4S2. The summed E-state index contributed by atoms with van der Waals surface area (Å²) in [5.41, 5.74) is 2.14. The fraction of sp³-hybridized carbons (Fsp3) is 0.333. The summed E-state index contributed by atoms with van der Waals surface area (Å²) < 4.78 is 5.12. The molecular weight excluding hydrogens is 358 g/mol. The fourth-order valence-corrected chi connectivity index (χ4v) is 5.14. The second-order valence-corrected chi connectivity index (χ2v) is 8.03. The van der Waals surface area contributed by atoms with Crippen LogP contribution < -0.4 is 4.74 Å². The van der Waals surface area contributed by atoms with Gasteiger partial charge in [0.1, 0.15) is 11.0 Å². The first-order valence-electron chi connectivity index (χ1n) is 7.91. The molecule has 1 N–H and O–H groups in total. The molecule has 7 heteroatoms. The number of amides is 1. The molecule has 2 heterocycles. The number of carboxylic acids is 1. The van der Waals surface area contributed by atoms with E-state index in [9.17, 15) is 9.59 Å². The molecule has 3 rings (SSSR count). The lowest BCUT2D eigenvalue weighted by atomic mass is 10.1. The number of carboxylic acid groups (broad SMARTS) is 1. The second-order valence-electron chi connectivity index (χ2n) is 5.82. The van der Waals surface area contributed by atoms with Crippen LogP contribution in [-0.4, -0.2) is 41.3 Å². The van der Waals surface area contributed by atoms with Gasteiger partial charge in [0.2, 0.25) is 5.91 Å². The van der Waals surface area contributed by atoms with Crippen molar-refractivity contribution < 1.29 is 19.4 Å². The molecule has 5 nitrogen and oxygen atoms in total. The Morgan fingerprint density at radius 2 is 2.04 bits per heavy atom. The molecule has 1 aliphatic rings. The molecule has 0 saturated heterocycles. The highest BCUT2D eigenvalue weighted by molar-refractivity contribution is 8.00. The monoisotopic (exact) mass is 377 g/mol. The Morgan fingerprint density at radius 3 is 2.76 bits per heavy atom. The topological polar surface area (TPSA) is 66.8 Å². The molecule has 1 aromatic carbocycles. The first-order chi connectivity index (χ1) is 12.0. The van der Waals surface area contributed by atoms with Crippen molar-refractivity contribution in [1.82, 2.24) is 4.90 Å². The van der Waals surface area contributed by atoms with Gasteiger partial charge in [-0.25, -0.2) is 4.79 Å². The largest absolute Gasteiger partial charge is 0.482 e. The van der Waals surface area contributed by atoms with E-state index in [1.54, 1.807) is 40.1 Å². The molecule has 1 aromatic heterocycles. The molecule has 0 saturated carbocycles. The van der Waals surface area contributed by atoms with E-state index in [-0.39, 0.29) is 17.8 Å². The standard InChI is InChI=1S/C18H19NO4S2/c1-19(10-12-2-4-13(5-3-12)23-11-16(20)21)18(22)17-14-6-8-24-15(14)7-9-25-17/h2-6,8,17H,7,9-11H2,1H3,(H,20,21). The maximum absolute atomic E-state index is 12.8. The van der Waals surface area contributed by atoms with Gasteiger partial charge in [-0.05, 0) is 46.9 Å². The van der Waals surface area contributed by atoms with Crippen molar-refractivity contribution in [1.29, 1.82) is 0 Å². The molecule has 0 fully saturated rings. The van der Waals surface area contributed by atoms with Gasteiger partial charge in [0.05, 0.1) is 0 Å². The van der Waals surface area contributed by atoms with E-state index >= 15 is 0 Å². The minimum atomic E-state index is -1.01. The van der Waals surface area contributed by atoms with Crippen LogP contribution in [0.4, 0.5) is 0 Å². The van der Waals surface area contributed by atoms with Crippen molar-refractivity contribution in [2.45, 2.75) is 18.2 Å². The molecule has 0 bridgehead atoms. The lowest BCUT2D eigenvalue weighted by Gasteiger charge is -2.26. The number of thiophene rings is 1. The van der Waals surface area contributed by atoms with Crippen molar-refractivity contribution in [3.63, 3.8) is 0 Å². The number of hydrogen-bond acceptors (Lipinski definition) is 5. The smallest absolute Gasteiger partial charge is 0.341 e. The average molecular weight is 377 g/mol. The highest BCUT2D eigenvalue weighted by Gasteiger charge is 2.30. The number of carbonyl (C=O) groups is 2. The van der Waals surface area contributed by atoms with Gasteiger partial charge in [-0.1, -0.05) is 12.1 Å². The molecule has 0 radical (unpaired) electrons. The predicted molar refractivity (Wildman–Crippen MR) is 99.3 cm³/mol. The van der Waals surface area contributed by atoms with Gasteiger partial charge in [0.25, 0.3) is 0 Å². The molecule has 1 amide bonds. The molecule has 1 atom stereocenters. The predicted octanol–water partition coefficient (Wildman–Crippen LogP) is 3.20. The number of carbonyl (C=O) groups excluding carboxylic acids is 1. The zero-order chi connectivity index (χ0) is 17.8. The summed E-state index contributed by atoms with van der Waals surface area (Å²) in [5.74, 6) is 0.599. The lowest BCUT2D eigenvalue weighted by molar-refractivity contribution is -0.139. The van der Waals surface area contributed by atoms with E-state index < -0.39 is 5.97 Å². The summed E-state index contributed by atoms with van der Waals surface area (Å²) in [6.07, 6.45) is 1.04. The zero-order valence-electron chi connectivity index (χ0n) is 13.8. The number of hydrogen-bond donors (Lipinski definition) is 1. The van der Waals surface area contributed by atoms with E-state index in [0.717, 1.165) is 23.3 Å². The summed E-state index contributed by atoms with van der Waals surface area (Å²) in [6.45, 7) is 0.147. The van der Waals surface area contributed by atoms with Crippen LogP contribution >= 0.6 is 23.1 Å². The molecule has 25 heavy (non-hydrogen) atoms. The molecule has 0 spiro atoms. The van der Waals surface area contributed by atoms with Crippen molar-refractivity contribution in [2.75, 3.05) is 19.4 Å². The van der Waals surface area contributed by atoms with E-state index in [1.165, 1.54) is 4.88 Å². The van der Waals surface area contributed by atoms with Gasteiger partial charge >= 0.3 is 5.97 Å². The Balaban J connectivity index is 1.61. The molecule has 132 valence electrons. The second kappa shape index (κ2) is 7.93. The number of nitrogens with zero attached hydrogens (tertiary/aromatic N) is 1. The lowest BCUT2D eigenvalue weighted by Crippen LogP contribution is -2.31. The average Bonchev–Trinajstić information content (AvgIpc) is 3.09. The third-order valence-electron chi connectivity index (χ3n) is 3.98. The quantitative estimate of drug-likeness (QED) is 0.837. The van der Waals surface area contributed by atoms with Crippen molar-refractivity contribution >= 4 is 35.0 Å². The van der Waals surface area contributed by atoms with Crippen molar-refractivity contribution in [3.05, 3.63) is 51.7 Å². The zero-order valence-corrected chi connectivity index (χ0v) is 15.4. The van der Waals surface area contributed by atoms with Crippen LogP contribution in [0.15, 0.2) is 35.7 Å². The SMILES string of the molecule is CN(Cc1ccc(OCC(=O)O)cc1)C(=O)C1SCCc2sccc21. The summed E-state index contributed by atoms with van der Waals surface area (Å²) in [7, 11) is 1.82. The number of likely N-dealkylation sites (N-methyl/N-ethyl adjacent to an activating group) is 1. The Hall–Kier alpha value is -1.99. The minimum Gasteiger partial charge on any atom is -0.482 e. The number of aryl methyl sites for hydroxylation is 1. The number of thioether (sulfide) groups is 1. The minimum absolute atomic E-state index is 0.113. The normalized spacial score (nSPS) is 16.1. The Morgan fingerprint density at radius 1 is 1.28 bits per heavy atom. The number of aliphatic carboxylic acids is 1. The van der Waals surface area contributed by atoms with Crippen LogP contribution in [0.3, 0.4) is 0 Å². The first kappa shape index (κ1) is 17.8. The van der Waals surface area contributed by atoms with Crippen LogP contribution in [0.25, 0.3) is 0 Å². The van der Waals surface area contributed by atoms with E-state index in [2.05, 4.69) is 11.4 Å². The van der Waals surface area contributed by atoms with E-state index in [1.807, 2.05) is 19.2 Å². The first-order valence-corrected chi connectivity index (χ1v) is 9.84. The van der Waals surface area contributed by atoms with E-state index in [0.29, 0.717) is 12.3 Å². The van der Waals surface area contributed by atoms with Crippen LogP contribution in [0, 0.1) is 0 Å². The van der Waals surface area contributed by atoms with Gasteiger partial charge in [-0.15, -0.1) is 23.1 Å². The summed E-state index contributed by atoms with van der Waals surface area (Å²) in [4.78, 5) is 26.4. The molecule has 0 aliphatic carbocycles. The highest BCUT2D eigenvalue weighted by atomic mass is 32.2. The van der Waals surface area contributed by atoms with Gasteiger partial charge in [-0.2, -0.15) is 0 Å². The number of fused-ring (bicyclic) bond motifs is 1. The van der Waals surface area contributed by atoms with Crippen molar-refractivity contribution in [2.24, 2.45) is 0 Å². The summed E-state index contributed by atoms with van der Waals surface area (Å²) in [6, 6.07) is 9.22. The Kier molecular flexibility index (Phi) is 5.65. The van der Waals surface area contributed by atoms with Crippen LogP contribution in [-0.2, 0) is 22.6 Å². The third kappa shape index (κ3) is 4.35. The Labute approximate surface area is 154 Å². The van der Waals surface area contributed by atoms with Crippen molar-refractivity contribution in [3.8, 4) is 5.75 Å². The summed E-state index contributed by atoms with van der Waals surface area (Å²) in [5, 5.41) is 10.6.